The van der Waals surface area contributed by atoms with Crippen LogP contribution < -0.4 is 9.61 Å². The highest BCUT2D eigenvalue weighted by Crippen LogP contribution is 2.50. The van der Waals surface area contributed by atoms with Crippen LogP contribution >= 0.6 is 18.1 Å². The maximum Gasteiger partial charge on any atom is 0.409 e. The van der Waals surface area contributed by atoms with Crippen LogP contribution in [0.15, 0.2) is 42.5 Å². The maximum atomic E-state index is 12.4. The summed E-state index contributed by atoms with van der Waals surface area (Å²) in [5.41, 5.74) is 0. The molecule has 23 heavy (non-hydrogen) atoms. The molecule has 0 aliphatic carbocycles. The number of halogens is 1. The molecule has 0 amide bonds. The Hall–Kier alpha value is -1.55. The second kappa shape index (κ2) is 7.82. The van der Waals surface area contributed by atoms with E-state index in [0.29, 0.717) is 18.8 Å². The minimum atomic E-state index is -3.74. The Labute approximate surface area is 140 Å². The molecule has 2 atom stereocenters. The van der Waals surface area contributed by atoms with Gasteiger partial charge in [0.25, 0.3) is 0 Å². The third kappa shape index (κ3) is 4.96. The quantitative estimate of drug-likeness (QED) is 0.585. The molecule has 2 rings (SSSR count). The van der Waals surface area contributed by atoms with Crippen molar-refractivity contribution in [2.75, 3.05) is 6.61 Å². The van der Waals surface area contributed by atoms with Gasteiger partial charge in [-0.25, -0.2) is 9.65 Å². The molecule has 0 bridgehead atoms. The van der Waals surface area contributed by atoms with Crippen molar-refractivity contribution >= 4 is 34.9 Å². The number of fused-ring (bicyclic) bond motifs is 1. The largest absolute Gasteiger partial charge is 0.465 e. The van der Waals surface area contributed by atoms with Crippen LogP contribution in [0.3, 0.4) is 0 Å². The highest BCUT2D eigenvalue weighted by Gasteiger charge is 2.28. The zero-order valence-electron chi connectivity index (χ0n) is 13.0. The fourth-order valence-corrected chi connectivity index (χ4v) is 3.73. The van der Waals surface area contributed by atoms with E-state index in [1.54, 1.807) is 12.1 Å². The van der Waals surface area contributed by atoms with Gasteiger partial charge in [0, 0.05) is 16.6 Å². The van der Waals surface area contributed by atoms with Gasteiger partial charge in [-0.3, -0.25) is 4.79 Å². The number of hydrogen-bond acceptors (Lipinski definition) is 4. The molecule has 0 fully saturated rings. The molecular weight excluding hydrogens is 337 g/mol. The zero-order chi connectivity index (χ0) is 16.9. The molecule has 0 aromatic heterocycles. The molecule has 0 radical (unpaired) electrons. The van der Waals surface area contributed by atoms with E-state index in [0.717, 1.165) is 10.8 Å². The normalized spacial score (nSPS) is 14.9. The summed E-state index contributed by atoms with van der Waals surface area (Å²) >= 11 is 5.96. The molecule has 0 heterocycles. The molecule has 0 aliphatic heterocycles. The summed E-state index contributed by atoms with van der Waals surface area (Å²) < 4.78 is 22.9. The van der Waals surface area contributed by atoms with Gasteiger partial charge >= 0.3 is 12.8 Å². The molecule has 1 N–H and O–H groups in total. The van der Waals surface area contributed by atoms with Crippen molar-refractivity contribution in [1.29, 1.82) is 0 Å². The first-order valence-corrected chi connectivity index (χ1v) is 9.87. The number of carbonyl (C=O) groups is 1. The van der Waals surface area contributed by atoms with Gasteiger partial charge in [-0.1, -0.05) is 43.3 Å². The van der Waals surface area contributed by atoms with E-state index >= 15 is 0 Å². The Bertz CT molecular complexity index is 732. The Morgan fingerprint density at radius 1 is 1.26 bits per heavy atom. The summed E-state index contributed by atoms with van der Waals surface area (Å²) in [6, 6.07) is 12.1. The lowest BCUT2D eigenvalue weighted by Crippen LogP contribution is -2.33. The standard InChI is InChI=1S/C16H19ClNO4P/c1-3-11-21-16(19)12(2)18-23(17,20)22-15-10-6-8-13-7-4-5-9-14(13)15/h4-10,12H,3,11H2,1-2H3,(H,18,20)/t12-,23?/m0/s1. The molecule has 2 aromatic carbocycles. The van der Waals surface area contributed by atoms with Crippen molar-refractivity contribution in [3.63, 3.8) is 0 Å². The molecule has 124 valence electrons. The van der Waals surface area contributed by atoms with Crippen LogP contribution in [0.5, 0.6) is 5.75 Å². The summed E-state index contributed by atoms with van der Waals surface area (Å²) in [6.07, 6.45) is 0.712. The zero-order valence-corrected chi connectivity index (χ0v) is 14.6. The predicted octanol–water partition coefficient (Wildman–Crippen LogP) is 4.50. The van der Waals surface area contributed by atoms with Crippen LogP contribution in [-0.4, -0.2) is 18.6 Å². The van der Waals surface area contributed by atoms with Crippen molar-refractivity contribution in [2.24, 2.45) is 0 Å². The average Bonchev–Trinajstić information content (AvgIpc) is 2.52. The fraction of sp³-hybridized carbons (Fsp3) is 0.312. The minimum absolute atomic E-state index is 0.307. The van der Waals surface area contributed by atoms with Gasteiger partial charge in [0.1, 0.15) is 11.8 Å². The Balaban J connectivity index is 2.11. The summed E-state index contributed by atoms with van der Waals surface area (Å²) in [6.45, 7) is -0.0148. The number of benzene rings is 2. The lowest BCUT2D eigenvalue weighted by Gasteiger charge is -2.19. The number of carbonyl (C=O) groups excluding carboxylic acids is 1. The lowest BCUT2D eigenvalue weighted by molar-refractivity contribution is -0.145. The molecule has 1 unspecified atom stereocenters. The van der Waals surface area contributed by atoms with E-state index in [4.69, 9.17) is 20.5 Å². The van der Waals surface area contributed by atoms with Crippen molar-refractivity contribution in [3.8, 4) is 5.75 Å². The number of esters is 1. The maximum absolute atomic E-state index is 12.4. The van der Waals surface area contributed by atoms with Gasteiger partial charge in [-0.05, 0) is 24.8 Å². The van der Waals surface area contributed by atoms with E-state index in [1.807, 2.05) is 37.3 Å². The number of hydrogen-bond donors (Lipinski definition) is 1. The fourth-order valence-electron chi connectivity index (χ4n) is 2.04. The third-order valence-electron chi connectivity index (χ3n) is 3.12. The lowest BCUT2D eigenvalue weighted by atomic mass is 10.1. The van der Waals surface area contributed by atoms with Crippen molar-refractivity contribution in [2.45, 2.75) is 26.3 Å². The summed E-state index contributed by atoms with van der Waals surface area (Å²) in [7, 11) is 0. The molecule has 0 spiro atoms. The van der Waals surface area contributed by atoms with Crippen LogP contribution in [-0.2, 0) is 14.1 Å². The highest BCUT2D eigenvalue weighted by molar-refractivity contribution is 7.84. The minimum Gasteiger partial charge on any atom is -0.465 e. The Morgan fingerprint density at radius 2 is 1.96 bits per heavy atom. The SMILES string of the molecule is CCCOC(=O)[C@H](C)NP(=O)(Cl)Oc1cccc2ccccc12. The second-order valence-electron chi connectivity index (χ2n) is 5.07. The van der Waals surface area contributed by atoms with Gasteiger partial charge < -0.3 is 9.26 Å². The van der Waals surface area contributed by atoms with Crippen LogP contribution in [0, 0.1) is 0 Å². The first-order valence-electron chi connectivity index (χ1n) is 7.34. The smallest absolute Gasteiger partial charge is 0.409 e. The molecule has 0 saturated carbocycles. The van der Waals surface area contributed by atoms with Crippen LogP contribution in [0.2, 0.25) is 0 Å². The van der Waals surface area contributed by atoms with E-state index in [9.17, 15) is 9.36 Å². The molecule has 5 nitrogen and oxygen atoms in total. The Morgan fingerprint density at radius 3 is 2.70 bits per heavy atom. The predicted molar refractivity (Wildman–Crippen MR) is 91.9 cm³/mol. The highest BCUT2D eigenvalue weighted by atomic mass is 35.7. The Kier molecular flexibility index (Phi) is 6.05. The average molecular weight is 356 g/mol. The van der Waals surface area contributed by atoms with E-state index in [-0.39, 0.29) is 0 Å². The summed E-state index contributed by atoms with van der Waals surface area (Å²) in [5.74, 6) is -0.127. The molecular formula is C16H19ClNO4P. The van der Waals surface area contributed by atoms with E-state index in [2.05, 4.69) is 5.09 Å². The number of nitrogens with one attached hydrogen (secondary N) is 1. The first kappa shape index (κ1) is 17.8. The van der Waals surface area contributed by atoms with E-state index in [1.165, 1.54) is 6.92 Å². The summed E-state index contributed by atoms with van der Waals surface area (Å²) in [5, 5.41) is 4.23. The van der Waals surface area contributed by atoms with Gasteiger partial charge in [0.2, 0.25) is 0 Å². The number of ether oxygens (including phenoxy) is 1. The van der Waals surface area contributed by atoms with Crippen LogP contribution in [0.4, 0.5) is 0 Å². The summed E-state index contributed by atoms with van der Waals surface area (Å²) in [4.78, 5) is 11.7. The van der Waals surface area contributed by atoms with Gasteiger partial charge in [0.05, 0.1) is 6.61 Å². The molecule has 7 heteroatoms. The van der Waals surface area contributed by atoms with Crippen LogP contribution in [0.25, 0.3) is 10.8 Å². The van der Waals surface area contributed by atoms with Gasteiger partial charge in [0.15, 0.2) is 0 Å². The first-order chi connectivity index (χ1) is 10.9. The topological polar surface area (TPSA) is 64.6 Å². The third-order valence-corrected chi connectivity index (χ3v) is 4.74. The molecule has 2 aromatic rings. The molecule has 0 aliphatic rings. The van der Waals surface area contributed by atoms with Crippen LogP contribution in [0.1, 0.15) is 20.3 Å². The number of rotatable bonds is 7. The van der Waals surface area contributed by atoms with Gasteiger partial charge in [-0.2, -0.15) is 0 Å². The van der Waals surface area contributed by atoms with Crippen molar-refractivity contribution < 1.29 is 18.6 Å². The van der Waals surface area contributed by atoms with Crippen molar-refractivity contribution in [1.82, 2.24) is 5.09 Å². The molecule has 0 saturated heterocycles. The van der Waals surface area contributed by atoms with Gasteiger partial charge in [-0.15, -0.1) is 0 Å². The van der Waals surface area contributed by atoms with E-state index < -0.39 is 18.9 Å². The van der Waals surface area contributed by atoms with Crippen molar-refractivity contribution in [3.05, 3.63) is 42.5 Å². The monoisotopic (exact) mass is 355 g/mol. The second-order valence-corrected chi connectivity index (χ2v) is 7.80.